The maximum atomic E-state index is 4.57. The summed E-state index contributed by atoms with van der Waals surface area (Å²) in [5, 5.41) is 10.8. The Bertz CT molecular complexity index is 588. The first-order valence-electron chi connectivity index (χ1n) is 6.96. The fraction of sp³-hybridized carbons (Fsp3) is 0.538. The minimum atomic E-state index is 0.530. The highest BCUT2D eigenvalue weighted by molar-refractivity contribution is 5.48. The molecule has 0 radical (unpaired) electrons. The fourth-order valence-corrected chi connectivity index (χ4v) is 1.99. The first-order valence-corrected chi connectivity index (χ1v) is 6.96. The Hall–Kier alpha value is -2.18. The molecule has 0 atom stereocenters. The van der Waals surface area contributed by atoms with Gasteiger partial charge in [0.2, 0.25) is 0 Å². The normalized spacial score (nSPS) is 14.3. The maximum Gasteiger partial charge on any atom is 0.169 e. The van der Waals surface area contributed by atoms with Gasteiger partial charge in [-0.05, 0) is 19.8 Å². The second-order valence-electron chi connectivity index (χ2n) is 4.99. The molecule has 1 aliphatic carbocycles. The summed E-state index contributed by atoms with van der Waals surface area (Å²) >= 11 is 0. The van der Waals surface area contributed by atoms with Crippen LogP contribution in [0.4, 0.5) is 11.6 Å². The third kappa shape index (κ3) is 3.04. The third-order valence-electron chi connectivity index (χ3n) is 3.12. The minimum absolute atomic E-state index is 0.530. The Labute approximate surface area is 117 Å². The number of aryl methyl sites for hydroxylation is 1. The molecule has 0 amide bonds. The first kappa shape index (κ1) is 12.8. The maximum absolute atomic E-state index is 4.57. The monoisotopic (exact) mass is 273 g/mol. The van der Waals surface area contributed by atoms with E-state index < -0.39 is 0 Å². The van der Waals surface area contributed by atoms with E-state index in [1.54, 1.807) is 11.0 Å². The molecule has 1 aliphatic rings. The largest absolute Gasteiger partial charge is 0.370 e. The van der Waals surface area contributed by atoms with E-state index in [4.69, 9.17) is 0 Å². The van der Waals surface area contributed by atoms with Crippen LogP contribution in [0.25, 0.3) is 0 Å². The van der Waals surface area contributed by atoms with E-state index in [-0.39, 0.29) is 0 Å². The van der Waals surface area contributed by atoms with Crippen LogP contribution in [0, 0.1) is 0 Å². The number of hydrogen-bond acceptors (Lipinski definition) is 6. The molecular weight excluding hydrogens is 254 g/mol. The van der Waals surface area contributed by atoms with E-state index >= 15 is 0 Å². The van der Waals surface area contributed by atoms with Crippen molar-refractivity contribution in [3.05, 3.63) is 24.0 Å². The van der Waals surface area contributed by atoms with Crippen molar-refractivity contribution in [3.8, 4) is 0 Å². The van der Waals surface area contributed by atoms with Crippen molar-refractivity contribution in [1.82, 2.24) is 24.7 Å². The Kier molecular flexibility index (Phi) is 3.49. The zero-order valence-electron chi connectivity index (χ0n) is 11.8. The predicted octanol–water partition coefficient (Wildman–Crippen LogP) is 1.53. The van der Waals surface area contributed by atoms with Crippen molar-refractivity contribution in [3.63, 3.8) is 0 Å². The van der Waals surface area contributed by atoms with Crippen molar-refractivity contribution >= 4 is 11.6 Å². The fourth-order valence-electron chi connectivity index (χ4n) is 1.99. The quantitative estimate of drug-likeness (QED) is 0.830. The van der Waals surface area contributed by atoms with Crippen LogP contribution >= 0.6 is 0 Å². The number of anilines is 2. The van der Waals surface area contributed by atoms with Gasteiger partial charge in [0, 0.05) is 25.6 Å². The lowest BCUT2D eigenvalue weighted by Crippen LogP contribution is -2.08. The van der Waals surface area contributed by atoms with Gasteiger partial charge >= 0.3 is 0 Å². The average molecular weight is 273 g/mol. The number of nitrogens with one attached hydrogen (secondary N) is 2. The van der Waals surface area contributed by atoms with Crippen LogP contribution < -0.4 is 10.6 Å². The lowest BCUT2D eigenvalue weighted by molar-refractivity contribution is 0.746. The molecule has 0 aliphatic heterocycles. The van der Waals surface area contributed by atoms with E-state index in [0.29, 0.717) is 12.5 Å². The van der Waals surface area contributed by atoms with Gasteiger partial charge in [-0.2, -0.15) is 5.10 Å². The van der Waals surface area contributed by atoms with Crippen LogP contribution in [-0.4, -0.2) is 31.3 Å². The van der Waals surface area contributed by atoms with Crippen LogP contribution in [0.15, 0.2) is 12.4 Å². The number of hydrogen-bond donors (Lipinski definition) is 2. The lowest BCUT2D eigenvalue weighted by Gasteiger charge is -2.09. The van der Waals surface area contributed by atoms with Gasteiger partial charge in [0.15, 0.2) is 5.82 Å². The molecule has 106 valence electrons. The van der Waals surface area contributed by atoms with Crippen LogP contribution in [-0.2, 0) is 13.6 Å². The summed E-state index contributed by atoms with van der Waals surface area (Å²) in [5.41, 5.74) is 0. The molecule has 0 aromatic carbocycles. The van der Waals surface area contributed by atoms with E-state index in [9.17, 15) is 0 Å². The summed E-state index contributed by atoms with van der Waals surface area (Å²) in [6.45, 7) is 3.47. The van der Waals surface area contributed by atoms with Gasteiger partial charge in [0.25, 0.3) is 0 Å². The first-order chi connectivity index (χ1) is 9.74. The highest BCUT2D eigenvalue weighted by Crippen LogP contribution is 2.38. The molecular formula is C13H19N7. The van der Waals surface area contributed by atoms with Crippen LogP contribution in [0.2, 0.25) is 0 Å². The van der Waals surface area contributed by atoms with Crippen molar-refractivity contribution < 1.29 is 0 Å². The van der Waals surface area contributed by atoms with E-state index in [2.05, 4.69) is 37.6 Å². The van der Waals surface area contributed by atoms with Gasteiger partial charge < -0.3 is 10.6 Å². The molecule has 7 nitrogen and oxygen atoms in total. The molecule has 0 unspecified atom stereocenters. The van der Waals surface area contributed by atoms with Gasteiger partial charge in [-0.1, -0.05) is 0 Å². The molecule has 2 aromatic rings. The topological polar surface area (TPSA) is 80.5 Å². The minimum Gasteiger partial charge on any atom is -0.370 e. The molecule has 0 bridgehead atoms. The summed E-state index contributed by atoms with van der Waals surface area (Å²) in [5.74, 6) is 3.91. The number of nitrogens with zero attached hydrogens (tertiary/aromatic N) is 5. The molecule has 2 heterocycles. The van der Waals surface area contributed by atoms with Gasteiger partial charge in [-0.3, -0.25) is 4.68 Å². The van der Waals surface area contributed by atoms with Gasteiger partial charge in [-0.15, -0.1) is 0 Å². The average Bonchev–Trinajstić information content (AvgIpc) is 3.20. The number of aromatic nitrogens is 5. The molecule has 0 saturated heterocycles. The highest BCUT2D eigenvalue weighted by Gasteiger charge is 2.27. The Morgan fingerprint density at radius 1 is 1.25 bits per heavy atom. The van der Waals surface area contributed by atoms with E-state index in [0.717, 1.165) is 29.8 Å². The molecule has 20 heavy (non-hydrogen) atoms. The molecule has 7 heteroatoms. The Balaban J connectivity index is 1.73. The zero-order valence-corrected chi connectivity index (χ0v) is 11.8. The molecule has 1 fully saturated rings. The SMILES string of the molecule is CCNc1cc(NCc2ncn(C)n2)nc(C2CC2)n1. The predicted molar refractivity (Wildman–Crippen MR) is 76.5 cm³/mol. The second kappa shape index (κ2) is 5.44. The lowest BCUT2D eigenvalue weighted by atomic mass is 10.3. The highest BCUT2D eigenvalue weighted by atomic mass is 15.3. The third-order valence-corrected chi connectivity index (χ3v) is 3.12. The van der Waals surface area contributed by atoms with E-state index in [1.807, 2.05) is 13.1 Å². The van der Waals surface area contributed by atoms with Crippen LogP contribution in [0.1, 0.15) is 37.3 Å². The standard InChI is InChI=1S/C13H19N7/c1-3-14-10-6-11(18-13(17-10)9-4-5-9)15-7-12-16-8-20(2)19-12/h6,8-9H,3-5,7H2,1-2H3,(H2,14,15,17,18). The summed E-state index contributed by atoms with van der Waals surface area (Å²) in [6, 6.07) is 1.93. The van der Waals surface area contributed by atoms with Gasteiger partial charge in [0.05, 0.1) is 6.54 Å². The molecule has 0 spiro atoms. The van der Waals surface area contributed by atoms with Crippen molar-refractivity contribution in [2.75, 3.05) is 17.2 Å². The van der Waals surface area contributed by atoms with Crippen LogP contribution in [0.5, 0.6) is 0 Å². The summed E-state index contributed by atoms with van der Waals surface area (Å²) in [7, 11) is 1.86. The van der Waals surface area contributed by atoms with Crippen LogP contribution in [0.3, 0.4) is 0 Å². The van der Waals surface area contributed by atoms with E-state index in [1.165, 1.54) is 12.8 Å². The molecule has 2 N–H and O–H groups in total. The smallest absolute Gasteiger partial charge is 0.169 e. The molecule has 1 saturated carbocycles. The van der Waals surface area contributed by atoms with Crippen molar-refractivity contribution in [2.24, 2.45) is 7.05 Å². The van der Waals surface area contributed by atoms with Crippen molar-refractivity contribution in [2.45, 2.75) is 32.2 Å². The molecule has 3 rings (SSSR count). The Morgan fingerprint density at radius 2 is 2.00 bits per heavy atom. The second-order valence-corrected chi connectivity index (χ2v) is 4.99. The van der Waals surface area contributed by atoms with Crippen molar-refractivity contribution in [1.29, 1.82) is 0 Å². The summed E-state index contributed by atoms with van der Waals surface area (Å²) in [4.78, 5) is 13.3. The van der Waals surface area contributed by atoms with Gasteiger partial charge in [-0.25, -0.2) is 15.0 Å². The summed E-state index contributed by atoms with van der Waals surface area (Å²) < 4.78 is 1.69. The summed E-state index contributed by atoms with van der Waals surface area (Å²) in [6.07, 6.45) is 4.07. The molecule has 2 aromatic heterocycles. The zero-order chi connectivity index (χ0) is 13.9. The van der Waals surface area contributed by atoms with Gasteiger partial charge in [0.1, 0.15) is 23.8 Å². The Morgan fingerprint density at radius 3 is 2.60 bits per heavy atom. The number of rotatable bonds is 6.